The maximum atomic E-state index is 13.8. The number of carbonyl (C=O) groups is 1. The van der Waals surface area contributed by atoms with Gasteiger partial charge in [0.05, 0.1) is 24.3 Å². The van der Waals surface area contributed by atoms with E-state index in [1.807, 2.05) is 42.5 Å². The maximum absolute atomic E-state index is 13.8. The van der Waals surface area contributed by atoms with Crippen LogP contribution in [0.1, 0.15) is 77.2 Å². The lowest BCUT2D eigenvalue weighted by molar-refractivity contribution is -0.609. The molecule has 5 aliphatic heterocycles. The molecule has 7 atom stereocenters. The normalized spacial score (nSPS) is 38.1. The van der Waals surface area contributed by atoms with Crippen LogP contribution in [0, 0.1) is 5.92 Å². The van der Waals surface area contributed by atoms with Crippen molar-refractivity contribution in [2.24, 2.45) is 5.92 Å². The Morgan fingerprint density at radius 2 is 2.03 bits per heavy atom. The smallest absolute Gasteiger partial charge is 0.350 e. The van der Waals surface area contributed by atoms with Crippen molar-refractivity contribution >= 4 is 18.0 Å². The first-order chi connectivity index (χ1) is 18.5. The second-order valence-corrected chi connectivity index (χ2v) is 11.7. The highest BCUT2D eigenvalue weighted by Gasteiger charge is 2.64. The summed E-state index contributed by atoms with van der Waals surface area (Å²) in [7, 11) is 0. The number of allylic oxidation sites excluding steroid dienone is 1. The number of hydrogen-bond donors (Lipinski definition) is 2. The van der Waals surface area contributed by atoms with Crippen molar-refractivity contribution in [2.45, 2.75) is 107 Å². The van der Waals surface area contributed by atoms with E-state index in [0.717, 1.165) is 69.3 Å². The number of rotatable bonds is 5. The number of carbonyl (C=O) groups excluding carboxylic acids is 1. The molecule has 0 aliphatic carbocycles. The molecular formula is C31H42N3O4+. The Bertz CT molecular complexity index is 1120. The lowest BCUT2D eigenvalue weighted by Crippen LogP contribution is -2.76. The number of nitrogens with zero attached hydrogens (tertiary/aromatic N) is 1. The van der Waals surface area contributed by atoms with Gasteiger partial charge in [-0.3, -0.25) is 9.37 Å². The third-order valence-electron chi connectivity index (χ3n) is 9.03. The molecule has 0 radical (unpaired) electrons. The van der Waals surface area contributed by atoms with Gasteiger partial charge in [0, 0.05) is 19.3 Å². The molecule has 0 saturated carbocycles. The topological polar surface area (TPSA) is 71.8 Å². The summed E-state index contributed by atoms with van der Waals surface area (Å²) in [6.45, 7) is 4.55. The lowest BCUT2D eigenvalue weighted by Gasteiger charge is -2.50. The molecule has 2 saturated heterocycles. The zero-order chi connectivity index (χ0) is 26.2. The number of guanidine groups is 1. The Balaban J connectivity index is 1.27. The molecule has 2 spiro atoms. The average Bonchev–Trinajstić information content (AvgIpc) is 3.21. The van der Waals surface area contributed by atoms with Crippen LogP contribution in [-0.4, -0.2) is 58.9 Å². The standard InChI is InChI=1S/C31H41N3O4/c1-3-25-15-7-8-18-30(38-25)21-24-16-17-26-27(28(35)36-20-10-14-23-12-5-4-6-13-23)31(19-9-11-22(2)37-31)33-29(32-30)34(24)26/h4-7,10,12-15,22,24-27H,3,8-9,11,16-21H2,1-2H3,(H,32,33)/p+1/b14-10+/t22-,24+,25+,26-,27?,30+,31-/m1/s1. The number of benzene rings is 1. The highest BCUT2D eigenvalue weighted by atomic mass is 16.6. The van der Waals surface area contributed by atoms with Crippen LogP contribution >= 0.6 is 0 Å². The van der Waals surface area contributed by atoms with Crippen LogP contribution in [0.4, 0.5) is 0 Å². The minimum Gasteiger partial charge on any atom is -0.461 e. The van der Waals surface area contributed by atoms with Crippen LogP contribution in [0.2, 0.25) is 0 Å². The van der Waals surface area contributed by atoms with Crippen molar-refractivity contribution < 1.29 is 23.6 Å². The van der Waals surface area contributed by atoms with Crippen molar-refractivity contribution in [3.63, 3.8) is 0 Å². The SMILES string of the molecule is CC[C@H]1C=CCC[C@@]2(C[C@@H]3CC[C@@H]4C(C(=O)OC/C=C/c5ccccc5)[C@]5(CCC[C@@H](C)O5)NC(=[N+]34)N2)O1. The van der Waals surface area contributed by atoms with Crippen LogP contribution in [0.15, 0.2) is 48.6 Å². The molecule has 5 heterocycles. The molecule has 2 N–H and O–H groups in total. The molecule has 0 bridgehead atoms. The van der Waals surface area contributed by atoms with E-state index >= 15 is 0 Å². The van der Waals surface area contributed by atoms with E-state index in [1.165, 1.54) is 0 Å². The van der Waals surface area contributed by atoms with Gasteiger partial charge in [0.25, 0.3) is 0 Å². The van der Waals surface area contributed by atoms with E-state index in [1.54, 1.807) is 0 Å². The summed E-state index contributed by atoms with van der Waals surface area (Å²) in [4.78, 5) is 13.8. The summed E-state index contributed by atoms with van der Waals surface area (Å²) in [5, 5.41) is 7.58. The van der Waals surface area contributed by atoms with Gasteiger partial charge >= 0.3 is 11.9 Å². The third-order valence-corrected chi connectivity index (χ3v) is 9.03. The van der Waals surface area contributed by atoms with Crippen molar-refractivity contribution in [3.8, 4) is 0 Å². The summed E-state index contributed by atoms with van der Waals surface area (Å²) < 4.78 is 21.8. The third kappa shape index (κ3) is 4.79. The van der Waals surface area contributed by atoms with Crippen LogP contribution in [-0.2, 0) is 19.0 Å². The molecular weight excluding hydrogens is 478 g/mol. The molecule has 7 heteroatoms. The molecule has 38 heavy (non-hydrogen) atoms. The van der Waals surface area contributed by atoms with Gasteiger partial charge in [0.2, 0.25) is 5.72 Å². The number of hydrogen-bond acceptors (Lipinski definition) is 6. The minimum absolute atomic E-state index is 0.0443. The quantitative estimate of drug-likeness (QED) is 0.339. The van der Waals surface area contributed by atoms with Crippen LogP contribution < -0.4 is 10.6 Å². The highest BCUT2D eigenvalue weighted by Crippen LogP contribution is 2.45. The van der Waals surface area contributed by atoms with Crippen LogP contribution in [0.25, 0.3) is 6.08 Å². The van der Waals surface area contributed by atoms with E-state index < -0.39 is 11.4 Å². The predicted octanol–water partition coefficient (Wildman–Crippen LogP) is 4.48. The maximum Gasteiger partial charge on any atom is 0.350 e. The molecule has 204 valence electrons. The van der Waals surface area contributed by atoms with Gasteiger partial charge in [-0.05, 0) is 57.1 Å². The number of ether oxygens (including phenoxy) is 3. The monoisotopic (exact) mass is 520 g/mol. The molecule has 1 aromatic rings. The Morgan fingerprint density at radius 1 is 1.16 bits per heavy atom. The largest absolute Gasteiger partial charge is 0.461 e. The molecule has 1 unspecified atom stereocenters. The van der Waals surface area contributed by atoms with E-state index in [9.17, 15) is 4.79 Å². The van der Waals surface area contributed by atoms with Gasteiger partial charge < -0.3 is 14.2 Å². The van der Waals surface area contributed by atoms with E-state index in [-0.39, 0.29) is 36.7 Å². The second-order valence-electron chi connectivity index (χ2n) is 11.7. The Labute approximate surface area is 226 Å². The first-order valence-corrected chi connectivity index (χ1v) is 14.6. The Kier molecular flexibility index (Phi) is 7.08. The summed E-state index contributed by atoms with van der Waals surface area (Å²) >= 11 is 0. The number of esters is 1. The van der Waals surface area contributed by atoms with Crippen molar-refractivity contribution in [3.05, 3.63) is 54.1 Å². The van der Waals surface area contributed by atoms with Gasteiger partial charge in [-0.15, -0.1) is 0 Å². The summed E-state index contributed by atoms with van der Waals surface area (Å²) in [5.41, 5.74) is -0.0853. The van der Waals surface area contributed by atoms with E-state index in [0.29, 0.717) is 6.04 Å². The van der Waals surface area contributed by atoms with Crippen molar-refractivity contribution in [2.75, 3.05) is 6.61 Å². The fraction of sp³-hybridized carbons (Fsp3) is 0.613. The fourth-order valence-electron chi connectivity index (χ4n) is 7.36. The van der Waals surface area contributed by atoms with Crippen LogP contribution in [0.5, 0.6) is 0 Å². The zero-order valence-electron chi connectivity index (χ0n) is 22.7. The summed E-state index contributed by atoms with van der Waals surface area (Å²) in [6, 6.07) is 10.5. The summed E-state index contributed by atoms with van der Waals surface area (Å²) in [6.07, 6.45) is 17.2. The van der Waals surface area contributed by atoms with Gasteiger partial charge in [-0.2, -0.15) is 0 Å². The van der Waals surface area contributed by atoms with Gasteiger partial charge in [0.15, 0.2) is 11.6 Å². The average molecular weight is 521 g/mol. The second kappa shape index (κ2) is 10.5. The Hall–Kier alpha value is -2.64. The Morgan fingerprint density at radius 3 is 2.84 bits per heavy atom. The molecule has 6 rings (SSSR count). The number of nitrogens with one attached hydrogen (secondary N) is 2. The lowest BCUT2D eigenvalue weighted by atomic mass is 9.80. The van der Waals surface area contributed by atoms with Crippen molar-refractivity contribution in [1.82, 2.24) is 10.6 Å². The first-order valence-electron chi connectivity index (χ1n) is 14.6. The van der Waals surface area contributed by atoms with E-state index in [4.69, 9.17) is 14.2 Å². The van der Waals surface area contributed by atoms with Crippen LogP contribution in [0.3, 0.4) is 0 Å². The van der Waals surface area contributed by atoms with E-state index in [2.05, 4.69) is 41.2 Å². The minimum atomic E-state index is -0.776. The highest BCUT2D eigenvalue weighted by molar-refractivity contribution is 5.82. The molecule has 7 nitrogen and oxygen atoms in total. The predicted molar refractivity (Wildman–Crippen MR) is 146 cm³/mol. The molecule has 1 aromatic carbocycles. The van der Waals surface area contributed by atoms with Gasteiger partial charge in [-0.25, -0.2) is 10.6 Å². The van der Waals surface area contributed by atoms with Gasteiger partial charge in [-0.1, -0.05) is 55.5 Å². The van der Waals surface area contributed by atoms with Gasteiger partial charge in [0.1, 0.15) is 6.61 Å². The molecule has 5 aliphatic rings. The van der Waals surface area contributed by atoms with Crippen molar-refractivity contribution in [1.29, 1.82) is 0 Å². The molecule has 0 aromatic heterocycles. The summed E-state index contributed by atoms with van der Waals surface area (Å²) in [5.74, 6) is 0.415. The first kappa shape index (κ1) is 25.6. The molecule has 2 fully saturated rings. The fourth-order valence-corrected chi connectivity index (χ4v) is 7.36. The zero-order valence-corrected chi connectivity index (χ0v) is 22.7. The molecule has 0 amide bonds.